The third kappa shape index (κ3) is 9.68. The Morgan fingerprint density at radius 1 is 0.512 bits per heavy atom. The first-order valence-electron chi connectivity index (χ1n) is 33.4. The number of anilines is 7. The van der Waals surface area contributed by atoms with Crippen LogP contribution in [0.25, 0.3) is 33.4 Å². The molecule has 5 nitrogen and oxygen atoms in total. The van der Waals surface area contributed by atoms with Gasteiger partial charge in [0.25, 0.3) is 0 Å². The first-order chi connectivity index (χ1) is 44.7. The molecule has 0 spiro atoms. The van der Waals surface area contributed by atoms with Crippen molar-refractivity contribution in [3.8, 4) is 44.9 Å². The molecule has 0 fully saturated rings. The summed E-state index contributed by atoms with van der Waals surface area (Å²) >= 11 is 0. The molecular weight excluding hydrogens is 1200 g/mol. The van der Waals surface area contributed by atoms with Gasteiger partial charge in [0.2, 0.25) is 0 Å². The molecule has 13 rings (SSSR count). The van der Waals surface area contributed by atoms with Crippen molar-refractivity contribution in [2.24, 2.45) is 0 Å². The zero-order valence-electron chi connectivity index (χ0n) is 59.0. The van der Waals surface area contributed by atoms with E-state index in [9.17, 15) is 2.74 Å². The van der Waals surface area contributed by atoms with Crippen LogP contribution in [0.2, 0.25) is 0 Å². The van der Waals surface area contributed by atoms with Gasteiger partial charge in [-0.1, -0.05) is 245 Å². The number of ether oxygens (including phenoxy) is 1. The van der Waals surface area contributed by atoms with Gasteiger partial charge >= 0.3 is 0 Å². The summed E-state index contributed by atoms with van der Waals surface area (Å²) in [7, 11) is -3.34. The SMILES string of the molecule is [2H]c1c([2H])c([2H])c(-c2cnc(N3c4[c-]c(Oc5[c-]c(N6[CH-]N(c7c(-c8cc(C(C)(C)C)cc(C(C)(C)C)c8)cccc7-c7c([2H])c([2H])c([2H])c([2H])c7[2H])c7ccccc76)ccc5)ccc4[Si](c4ccccc4)(c4ccccc4)c4ccccc43)cc2C([2H])([2H])[2H])c([2H])c1[2H].[Pt]. The molecule has 0 radical (unpaired) electrons. The van der Waals surface area contributed by atoms with Crippen molar-refractivity contribution in [1.29, 1.82) is 0 Å². The average molecular weight is 1270 g/mol. The largest absolute Gasteiger partial charge is 0.509 e. The Hall–Kier alpha value is -8.54. The van der Waals surface area contributed by atoms with Crippen LogP contribution in [-0.2, 0) is 31.9 Å². The van der Waals surface area contributed by atoms with Gasteiger partial charge in [0, 0.05) is 82.3 Å². The summed E-state index contributed by atoms with van der Waals surface area (Å²) in [5.41, 5.74) is 7.09. The van der Waals surface area contributed by atoms with Gasteiger partial charge in [-0.3, -0.25) is 0 Å². The summed E-state index contributed by atoms with van der Waals surface area (Å²) in [6, 6.07) is 61.9. The van der Waals surface area contributed by atoms with E-state index in [2.05, 4.69) is 102 Å². The third-order valence-corrected chi connectivity index (χ3v) is 20.1. The number of fused-ring (bicyclic) bond motifs is 3. The Kier molecular flexibility index (Phi) is 10.8. The van der Waals surface area contributed by atoms with Crippen molar-refractivity contribution < 1.29 is 43.6 Å². The zero-order chi connectivity index (χ0) is 66.7. The molecule has 0 amide bonds. The van der Waals surface area contributed by atoms with Crippen LogP contribution in [0.3, 0.4) is 0 Å². The molecule has 406 valence electrons. The molecule has 2 aliphatic rings. The van der Waals surface area contributed by atoms with E-state index in [1.807, 2.05) is 143 Å². The van der Waals surface area contributed by atoms with Gasteiger partial charge in [-0.25, -0.2) is 4.98 Å². The van der Waals surface area contributed by atoms with Gasteiger partial charge in [0.05, 0.1) is 13.7 Å². The summed E-state index contributed by atoms with van der Waals surface area (Å²) in [6.45, 7) is 12.1. The fourth-order valence-electron chi connectivity index (χ4n) is 11.3. The topological polar surface area (TPSA) is 31.8 Å². The van der Waals surface area contributed by atoms with E-state index in [1.54, 1.807) is 6.07 Å². The maximum absolute atomic E-state index is 9.33. The van der Waals surface area contributed by atoms with Gasteiger partial charge in [-0.05, 0) is 80.5 Å². The maximum atomic E-state index is 9.33. The van der Waals surface area contributed by atoms with Crippen LogP contribution in [0, 0.1) is 25.7 Å². The van der Waals surface area contributed by atoms with Crippen LogP contribution in [0.4, 0.5) is 39.9 Å². The summed E-state index contributed by atoms with van der Waals surface area (Å²) in [5, 5.41) is 3.99. The van der Waals surface area contributed by atoms with Crippen LogP contribution in [0.5, 0.6) is 11.5 Å². The molecule has 7 heteroatoms. The minimum Gasteiger partial charge on any atom is -0.509 e. The zero-order valence-corrected chi connectivity index (χ0v) is 49.3. The first-order valence-corrected chi connectivity index (χ1v) is 28.9. The quantitative estimate of drug-likeness (QED) is 0.101. The second-order valence-corrected chi connectivity index (χ2v) is 26.1. The monoisotopic (exact) mass is 1270 g/mol. The normalized spacial score (nSPS) is 15.8. The van der Waals surface area contributed by atoms with Gasteiger partial charge in [0.15, 0.2) is 0 Å². The standard InChI is InChI=1S/C75H63N4OSi.Pt/c1-52-44-72(76-50-65(52)54-28-14-9-15-29-54)79-68-40-22-23-41-70(68)81(61-32-16-10-17-33-61,62-34-18-11-19-35-62)71-43-42-60(49-69(71)79)80-59-31-24-30-58(48-59)77-51-78(67-39-21-20-38-66(67)77)73-63(53-26-12-8-13-27-53)36-25-37-64(73)55-45-56(74(2,3)4)47-57(46-55)75(5,6)7;/h8-47,50-51H,1-7H3;/q-3;/i1D3,8D,9D,12D,13D,14D,15D,26D,27D,28D,29D;. The number of para-hydroxylation sites is 4. The van der Waals surface area contributed by atoms with Crippen molar-refractivity contribution in [3.63, 3.8) is 0 Å². The van der Waals surface area contributed by atoms with E-state index in [-0.39, 0.29) is 77.8 Å². The van der Waals surface area contributed by atoms with E-state index in [1.165, 1.54) is 12.3 Å². The number of rotatable bonds is 10. The average Bonchev–Trinajstić information content (AvgIpc) is 0.965. The molecule has 3 heterocycles. The molecule has 0 bridgehead atoms. The second kappa shape index (κ2) is 21.7. The fourth-order valence-corrected chi connectivity index (χ4v) is 16.4. The number of hydrogen-bond donors (Lipinski definition) is 0. The van der Waals surface area contributed by atoms with Crippen LogP contribution in [-0.4, -0.2) is 13.1 Å². The molecule has 0 aliphatic carbocycles. The van der Waals surface area contributed by atoms with E-state index < -0.39 is 63.3 Å². The summed E-state index contributed by atoms with van der Waals surface area (Å²) in [5.74, 6) is 0.765. The molecular formula is C75H63N4OPtSi-3. The van der Waals surface area contributed by atoms with Gasteiger partial charge in [-0.15, -0.1) is 47.9 Å². The third-order valence-electron chi connectivity index (χ3n) is 15.3. The summed E-state index contributed by atoms with van der Waals surface area (Å²) < 4.78 is 122. The Labute approximate surface area is 517 Å². The van der Waals surface area contributed by atoms with Crippen molar-refractivity contribution in [3.05, 3.63) is 284 Å². The molecule has 0 atom stereocenters. The number of benzene rings is 10. The van der Waals surface area contributed by atoms with Crippen molar-refractivity contribution >= 4 is 68.8 Å². The molecule has 11 aromatic rings. The Morgan fingerprint density at radius 3 is 1.68 bits per heavy atom. The minimum atomic E-state index is -3.34. The number of hydrogen-bond acceptors (Lipinski definition) is 5. The molecule has 0 N–H and O–H groups in total. The van der Waals surface area contributed by atoms with Gasteiger partial charge < -0.3 is 19.4 Å². The Morgan fingerprint density at radius 2 is 1.06 bits per heavy atom. The van der Waals surface area contributed by atoms with E-state index >= 15 is 0 Å². The van der Waals surface area contributed by atoms with E-state index in [0.29, 0.717) is 34.1 Å². The molecule has 2 aliphatic heterocycles. The van der Waals surface area contributed by atoms with Crippen LogP contribution in [0.15, 0.2) is 249 Å². The summed E-state index contributed by atoms with van der Waals surface area (Å²) in [6.07, 6.45) is 1.28. The fraction of sp³-hybridized carbons (Fsp3) is 0.120. The van der Waals surface area contributed by atoms with Crippen LogP contribution < -0.4 is 40.2 Å². The van der Waals surface area contributed by atoms with Gasteiger partial charge in [-0.2, -0.15) is 12.1 Å². The maximum Gasteiger partial charge on any atom is 0.135 e. The van der Waals surface area contributed by atoms with Crippen molar-refractivity contribution in [2.45, 2.75) is 59.2 Å². The first kappa shape index (κ1) is 40.6. The van der Waals surface area contributed by atoms with Crippen LogP contribution in [0.1, 0.15) is 76.1 Å². The van der Waals surface area contributed by atoms with Crippen molar-refractivity contribution in [2.75, 3.05) is 14.7 Å². The molecule has 0 unspecified atom stereocenters. The summed E-state index contributed by atoms with van der Waals surface area (Å²) in [4.78, 5) is 10.8. The second-order valence-electron chi connectivity index (χ2n) is 22.4. The Balaban J connectivity index is 0.00000864. The smallest absolute Gasteiger partial charge is 0.135 e. The van der Waals surface area contributed by atoms with Crippen molar-refractivity contribution in [1.82, 2.24) is 4.98 Å². The number of nitrogens with zero attached hydrogens (tertiary/aromatic N) is 4. The predicted octanol–water partition coefficient (Wildman–Crippen LogP) is 16.9. The molecule has 10 aromatic carbocycles. The number of aromatic nitrogens is 1. The van der Waals surface area contributed by atoms with E-state index in [4.69, 9.17) is 24.8 Å². The molecule has 1 aromatic heterocycles. The van der Waals surface area contributed by atoms with Crippen LogP contribution >= 0.6 is 0 Å². The molecule has 82 heavy (non-hydrogen) atoms. The van der Waals surface area contributed by atoms with E-state index in [0.717, 1.165) is 54.4 Å². The minimum absolute atomic E-state index is 0. The number of pyridine rings is 1. The molecule has 0 saturated heterocycles. The Bertz CT molecular complexity index is 4740. The van der Waals surface area contributed by atoms with Gasteiger partial charge in [0.1, 0.15) is 13.9 Å². The molecule has 0 saturated carbocycles. The predicted molar refractivity (Wildman–Crippen MR) is 340 cm³/mol. The number of aryl methyl sites for hydroxylation is 1.